The summed E-state index contributed by atoms with van der Waals surface area (Å²) in [6.07, 6.45) is 3.97. The third-order valence-corrected chi connectivity index (χ3v) is 4.22. The first-order chi connectivity index (χ1) is 11.1. The fourth-order valence-electron chi connectivity index (χ4n) is 3.03. The highest BCUT2D eigenvalue weighted by molar-refractivity contribution is 5.98. The lowest BCUT2D eigenvalue weighted by atomic mass is 9.87. The highest BCUT2D eigenvalue weighted by atomic mass is 16.1. The molecule has 6 nitrogen and oxygen atoms in total. The molecule has 6 heteroatoms. The van der Waals surface area contributed by atoms with Crippen LogP contribution in [0, 0.1) is 0 Å². The van der Waals surface area contributed by atoms with Gasteiger partial charge in [-0.15, -0.1) is 0 Å². The maximum Gasteiger partial charge on any atom is 0.225 e. The van der Waals surface area contributed by atoms with E-state index in [0.717, 1.165) is 33.7 Å². The van der Waals surface area contributed by atoms with Crippen LogP contribution in [0.5, 0.6) is 0 Å². The Morgan fingerprint density at radius 2 is 2.17 bits per heavy atom. The third kappa shape index (κ3) is 2.36. The van der Waals surface area contributed by atoms with Crippen LogP contribution in [0.15, 0.2) is 30.6 Å². The Hall–Kier alpha value is -2.76. The largest absolute Gasteiger partial charge is 0.326 e. The van der Waals surface area contributed by atoms with Crippen LogP contribution < -0.4 is 5.32 Å². The summed E-state index contributed by atoms with van der Waals surface area (Å²) in [6, 6.07) is 5.92. The van der Waals surface area contributed by atoms with Gasteiger partial charge in [0, 0.05) is 35.5 Å². The van der Waals surface area contributed by atoms with Crippen molar-refractivity contribution in [2.24, 2.45) is 0 Å². The summed E-state index contributed by atoms with van der Waals surface area (Å²) < 4.78 is 0. The summed E-state index contributed by atoms with van der Waals surface area (Å²) in [5, 5.41) is 11.0. The second-order valence-electron chi connectivity index (χ2n) is 6.20. The molecule has 3 heterocycles. The van der Waals surface area contributed by atoms with Crippen LogP contribution in [0.25, 0.3) is 10.9 Å². The van der Waals surface area contributed by atoms with Crippen LogP contribution in [0.2, 0.25) is 0 Å². The summed E-state index contributed by atoms with van der Waals surface area (Å²) >= 11 is 0. The summed E-state index contributed by atoms with van der Waals surface area (Å²) in [5.41, 5.74) is 3.71. The van der Waals surface area contributed by atoms with Gasteiger partial charge in [-0.3, -0.25) is 9.89 Å². The van der Waals surface area contributed by atoms with Crippen LogP contribution in [-0.2, 0) is 4.79 Å². The van der Waals surface area contributed by atoms with Gasteiger partial charge in [0.2, 0.25) is 5.91 Å². The van der Waals surface area contributed by atoms with Gasteiger partial charge in [0.1, 0.15) is 5.82 Å². The highest BCUT2D eigenvalue weighted by Crippen LogP contribution is 2.38. The zero-order chi connectivity index (χ0) is 16.0. The molecule has 1 aliphatic rings. The minimum atomic E-state index is -0.0569. The normalized spacial score (nSPS) is 17.3. The quantitative estimate of drug-likeness (QED) is 0.762. The maximum absolute atomic E-state index is 12.1. The number of nitrogens with zero attached hydrogens (tertiary/aromatic N) is 3. The van der Waals surface area contributed by atoms with E-state index in [0.29, 0.717) is 6.42 Å². The number of nitrogens with one attached hydrogen (secondary N) is 2. The van der Waals surface area contributed by atoms with Gasteiger partial charge in [-0.1, -0.05) is 13.8 Å². The van der Waals surface area contributed by atoms with Crippen molar-refractivity contribution in [3.63, 3.8) is 0 Å². The molecular formula is C17H17N5O. The van der Waals surface area contributed by atoms with E-state index in [1.54, 1.807) is 12.4 Å². The zero-order valence-corrected chi connectivity index (χ0v) is 13.0. The molecule has 116 valence electrons. The number of benzene rings is 1. The van der Waals surface area contributed by atoms with Crippen LogP contribution in [0.4, 0.5) is 5.69 Å². The van der Waals surface area contributed by atoms with Crippen molar-refractivity contribution < 1.29 is 4.79 Å². The van der Waals surface area contributed by atoms with Crippen LogP contribution in [0.3, 0.4) is 0 Å². The zero-order valence-electron chi connectivity index (χ0n) is 13.0. The summed E-state index contributed by atoms with van der Waals surface area (Å²) in [6.45, 7) is 4.13. The van der Waals surface area contributed by atoms with Gasteiger partial charge < -0.3 is 5.32 Å². The van der Waals surface area contributed by atoms with E-state index in [-0.39, 0.29) is 17.7 Å². The molecule has 1 amide bonds. The second kappa shape index (κ2) is 5.15. The standard InChI is InChI=1S/C17H17N5O/c1-9(2)17-18-4-3-13(21-17)12-6-16(23)20-15-7-14-10(5-11(12)15)8-19-22-14/h3-5,7-9,12H,6H2,1-2H3,(H,19,22)(H,20,23)/t12-/m0/s1. The molecule has 0 radical (unpaired) electrons. The first-order valence-corrected chi connectivity index (χ1v) is 7.71. The number of amides is 1. The molecule has 1 aromatic carbocycles. The summed E-state index contributed by atoms with van der Waals surface area (Å²) in [4.78, 5) is 21.1. The maximum atomic E-state index is 12.1. The van der Waals surface area contributed by atoms with E-state index in [1.807, 2.05) is 12.1 Å². The topological polar surface area (TPSA) is 83.6 Å². The Bertz CT molecular complexity index is 899. The Kier molecular flexibility index (Phi) is 3.11. The number of fused-ring (bicyclic) bond motifs is 2. The van der Waals surface area contributed by atoms with E-state index in [4.69, 9.17) is 0 Å². The van der Waals surface area contributed by atoms with Crippen LogP contribution in [0.1, 0.15) is 49.2 Å². The number of carbonyl (C=O) groups is 1. The van der Waals surface area contributed by atoms with Gasteiger partial charge in [0.25, 0.3) is 0 Å². The van der Waals surface area contributed by atoms with Crippen molar-refractivity contribution in [1.82, 2.24) is 20.2 Å². The smallest absolute Gasteiger partial charge is 0.225 e. The Morgan fingerprint density at radius 3 is 3.00 bits per heavy atom. The number of anilines is 1. The first kappa shape index (κ1) is 13.9. The second-order valence-corrected chi connectivity index (χ2v) is 6.20. The Morgan fingerprint density at radius 1 is 1.30 bits per heavy atom. The summed E-state index contributed by atoms with van der Waals surface area (Å²) in [7, 11) is 0. The van der Waals surface area contributed by atoms with Crippen molar-refractivity contribution in [3.8, 4) is 0 Å². The number of rotatable bonds is 2. The van der Waals surface area contributed by atoms with E-state index < -0.39 is 0 Å². The molecule has 2 aromatic heterocycles. The minimum absolute atomic E-state index is 0.00562. The molecule has 1 aliphatic heterocycles. The fourth-order valence-corrected chi connectivity index (χ4v) is 3.03. The lowest BCUT2D eigenvalue weighted by Gasteiger charge is -2.25. The molecule has 0 unspecified atom stereocenters. The number of hydrogen-bond donors (Lipinski definition) is 2. The van der Waals surface area contributed by atoms with E-state index >= 15 is 0 Å². The number of carbonyl (C=O) groups excluding carboxylic acids is 1. The Balaban J connectivity index is 1.86. The van der Waals surface area contributed by atoms with Gasteiger partial charge >= 0.3 is 0 Å². The monoisotopic (exact) mass is 307 g/mol. The van der Waals surface area contributed by atoms with Crippen LogP contribution >= 0.6 is 0 Å². The summed E-state index contributed by atoms with van der Waals surface area (Å²) in [5.74, 6) is 1.01. The molecule has 0 bridgehead atoms. The van der Waals surface area contributed by atoms with Crippen molar-refractivity contribution in [2.45, 2.75) is 32.1 Å². The average Bonchev–Trinajstić information content (AvgIpc) is 2.99. The fraction of sp³-hybridized carbons (Fsp3) is 0.294. The Labute approximate surface area is 133 Å². The van der Waals surface area contributed by atoms with E-state index in [1.165, 1.54) is 0 Å². The molecule has 2 N–H and O–H groups in total. The van der Waals surface area contributed by atoms with Gasteiger partial charge in [0.05, 0.1) is 17.4 Å². The van der Waals surface area contributed by atoms with Gasteiger partial charge in [-0.2, -0.15) is 5.10 Å². The molecule has 4 rings (SSSR count). The van der Waals surface area contributed by atoms with E-state index in [9.17, 15) is 4.79 Å². The average molecular weight is 307 g/mol. The molecule has 1 atom stereocenters. The lowest BCUT2D eigenvalue weighted by molar-refractivity contribution is -0.116. The van der Waals surface area contributed by atoms with Gasteiger partial charge in [-0.25, -0.2) is 9.97 Å². The molecule has 23 heavy (non-hydrogen) atoms. The molecule has 3 aromatic rings. The molecule has 0 saturated carbocycles. The van der Waals surface area contributed by atoms with E-state index in [2.05, 4.69) is 45.4 Å². The number of hydrogen-bond acceptors (Lipinski definition) is 4. The number of aromatic nitrogens is 4. The van der Waals surface area contributed by atoms with Crippen molar-refractivity contribution in [3.05, 3.63) is 47.7 Å². The number of H-pyrrole nitrogens is 1. The van der Waals surface area contributed by atoms with Crippen molar-refractivity contribution in [2.75, 3.05) is 5.32 Å². The third-order valence-electron chi connectivity index (χ3n) is 4.22. The molecular weight excluding hydrogens is 290 g/mol. The van der Waals surface area contributed by atoms with Crippen molar-refractivity contribution in [1.29, 1.82) is 0 Å². The predicted molar refractivity (Wildman–Crippen MR) is 87.3 cm³/mol. The lowest BCUT2D eigenvalue weighted by Crippen LogP contribution is -2.24. The minimum Gasteiger partial charge on any atom is -0.326 e. The highest BCUT2D eigenvalue weighted by Gasteiger charge is 2.28. The van der Waals surface area contributed by atoms with Crippen LogP contribution in [-0.4, -0.2) is 26.1 Å². The van der Waals surface area contributed by atoms with Gasteiger partial charge in [-0.05, 0) is 23.8 Å². The van der Waals surface area contributed by atoms with Gasteiger partial charge in [0.15, 0.2) is 0 Å². The molecule has 0 aliphatic carbocycles. The number of aromatic amines is 1. The molecule has 0 saturated heterocycles. The SMILES string of the molecule is CC(C)c1nccc([C@H]2CC(=O)Nc3cc4[nH]ncc4cc32)n1. The molecule has 0 fully saturated rings. The predicted octanol–water partition coefficient (Wildman–Crippen LogP) is 2.95. The molecule has 0 spiro atoms. The van der Waals surface area contributed by atoms with Crippen molar-refractivity contribution >= 4 is 22.5 Å². The first-order valence-electron chi connectivity index (χ1n) is 7.71.